The van der Waals surface area contributed by atoms with Crippen molar-refractivity contribution in [1.29, 1.82) is 0 Å². The van der Waals surface area contributed by atoms with Crippen molar-refractivity contribution in [3.05, 3.63) is 52.8 Å². The fraction of sp³-hybridized carbons (Fsp3) is 0.417. The van der Waals surface area contributed by atoms with E-state index in [4.69, 9.17) is 14.2 Å². The Bertz CT molecular complexity index is 1190. The number of aromatic nitrogens is 3. The molecule has 0 atom stereocenters. The summed E-state index contributed by atoms with van der Waals surface area (Å²) in [7, 11) is 1.54. The maximum Gasteiger partial charge on any atom is 0.260 e. The van der Waals surface area contributed by atoms with Crippen LogP contribution in [0.4, 0.5) is 5.82 Å². The van der Waals surface area contributed by atoms with Crippen LogP contribution >= 0.6 is 0 Å². The first-order valence-electron chi connectivity index (χ1n) is 11.4. The molecule has 34 heavy (non-hydrogen) atoms. The molecule has 1 N–H and O–H groups in total. The van der Waals surface area contributed by atoms with Crippen LogP contribution in [0.25, 0.3) is 10.8 Å². The molecule has 0 aliphatic carbocycles. The molecule has 0 spiro atoms. The van der Waals surface area contributed by atoms with Crippen molar-refractivity contribution in [2.75, 3.05) is 51.9 Å². The van der Waals surface area contributed by atoms with Crippen molar-refractivity contribution in [2.45, 2.75) is 19.9 Å². The average Bonchev–Trinajstić information content (AvgIpc) is 2.87. The third kappa shape index (κ3) is 5.18. The largest absolute Gasteiger partial charge is 0.492 e. The quantitative estimate of drug-likeness (QED) is 0.477. The maximum atomic E-state index is 13.2. The summed E-state index contributed by atoms with van der Waals surface area (Å²) in [5.74, 6) is 0.967. The predicted molar refractivity (Wildman–Crippen MR) is 128 cm³/mol. The van der Waals surface area contributed by atoms with Crippen LogP contribution in [0.2, 0.25) is 0 Å². The van der Waals surface area contributed by atoms with Gasteiger partial charge in [0.1, 0.15) is 12.1 Å². The molecular formula is C24H29N5O5. The smallest absolute Gasteiger partial charge is 0.260 e. The molecular weight excluding hydrogens is 438 g/mol. The minimum Gasteiger partial charge on any atom is -0.492 e. The van der Waals surface area contributed by atoms with E-state index in [1.54, 1.807) is 25.3 Å². The number of hydrogen-bond acceptors (Lipinski definition) is 8. The lowest BCUT2D eigenvalue weighted by atomic mass is 10.1. The molecule has 0 bridgehead atoms. The highest BCUT2D eigenvalue weighted by molar-refractivity contribution is 6.04. The summed E-state index contributed by atoms with van der Waals surface area (Å²) in [4.78, 5) is 36.0. The fourth-order valence-electron chi connectivity index (χ4n) is 4.02. The first-order valence-corrected chi connectivity index (χ1v) is 11.4. The van der Waals surface area contributed by atoms with E-state index in [1.165, 1.54) is 23.3 Å². The van der Waals surface area contributed by atoms with E-state index in [2.05, 4.69) is 20.2 Å². The third-order valence-corrected chi connectivity index (χ3v) is 5.77. The molecule has 10 heteroatoms. The second kappa shape index (κ2) is 11.1. The summed E-state index contributed by atoms with van der Waals surface area (Å²) in [6.07, 6.45) is 5.05. The van der Waals surface area contributed by atoms with Gasteiger partial charge in [0.25, 0.3) is 11.5 Å². The van der Waals surface area contributed by atoms with Crippen molar-refractivity contribution in [3.8, 4) is 11.5 Å². The van der Waals surface area contributed by atoms with Crippen LogP contribution in [0.3, 0.4) is 0 Å². The number of hydrogen-bond donors (Lipinski definition) is 1. The maximum absolute atomic E-state index is 13.2. The number of morpholine rings is 1. The zero-order chi connectivity index (χ0) is 23.9. The number of pyridine rings is 1. The number of ether oxygens (including phenoxy) is 3. The van der Waals surface area contributed by atoms with Gasteiger partial charge in [-0.05, 0) is 31.5 Å². The van der Waals surface area contributed by atoms with Crippen LogP contribution in [-0.4, -0.2) is 71.9 Å². The van der Waals surface area contributed by atoms with E-state index in [1.807, 2.05) is 6.92 Å². The van der Waals surface area contributed by atoms with Gasteiger partial charge in [0.05, 0.1) is 37.9 Å². The number of methoxy groups -OCH3 is 1. The minimum atomic E-state index is -0.406. The summed E-state index contributed by atoms with van der Waals surface area (Å²) in [6.45, 7) is 7.09. The second-order valence-corrected chi connectivity index (χ2v) is 7.87. The highest BCUT2D eigenvalue weighted by atomic mass is 16.5. The Balaban J connectivity index is 1.58. The molecule has 1 aliphatic heterocycles. The Kier molecular flexibility index (Phi) is 7.71. The summed E-state index contributed by atoms with van der Waals surface area (Å²) >= 11 is 0. The number of anilines is 1. The lowest BCUT2D eigenvalue weighted by Crippen LogP contribution is -2.37. The van der Waals surface area contributed by atoms with E-state index < -0.39 is 5.91 Å². The molecule has 1 amide bonds. The molecule has 1 saturated heterocycles. The van der Waals surface area contributed by atoms with Gasteiger partial charge >= 0.3 is 0 Å². The average molecular weight is 468 g/mol. The monoisotopic (exact) mass is 467 g/mol. The van der Waals surface area contributed by atoms with Gasteiger partial charge in [0, 0.05) is 44.0 Å². The van der Waals surface area contributed by atoms with Crippen molar-refractivity contribution >= 4 is 22.5 Å². The summed E-state index contributed by atoms with van der Waals surface area (Å²) in [5, 5.41) is 3.86. The van der Waals surface area contributed by atoms with Crippen LogP contribution in [0.5, 0.6) is 11.5 Å². The number of carbonyl (C=O) groups excluding carboxylic acids is 1. The van der Waals surface area contributed by atoms with Crippen molar-refractivity contribution in [2.24, 2.45) is 0 Å². The third-order valence-electron chi connectivity index (χ3n) is 5.77. The van der Waals surface area contributed by atoms with E-state index in [9.17, 15) is 9.59 Å². The first kappa shape index (κ1) is 23.7. The molecule has 4 rings (SSSR count). The van der Waals surface area contributed by atoms with E-state index in [-0.39, 0.29) is 5.56 Å². The topological polar surface area (TPSA) is 108 Å². The zero-order valence-electron chi connectivity index (χ0n) is 19.5. The molecule has 1 aliphatic rings. The van der Waals surface area contributed by atoms with Crippen LogP contribution in [0, 0.1) is 0 Å². The van der Waals surface area contributed by atoms with Gasteiger partial charge < -0.3 is 19.5 Å². The van der Waals surface area contributed by atoms with Gasteiger partial charge in [0.15, 0.2) is 11.5 Å². The van der Waals surface area contributed by atoms with Gasteiger partial charge in [-0.15, -0.1) is 0 Å². The van der Waals surface area contributed by atoms with Crippen LogP contribution in [0.1, 0.15) is 23.7 Å². The summed E-state index contributed by atoms with van der Waals surface area (Å²) < 4.78 is 18.6. The van der Waals surface area contributed by atoms with Crippen molar-refractivity contribution in [3.63, 3.8) is 0 Å². The van der Waals surface area contributed by atoms with Gasteiger partial charge in [-0.25, -0.2) is 9.97 Å². The Morgan fingerprint density at radius 3 is 2.65 bits per heavy atom. The van der Waals surface area contributed by atoms with Gasteiger partial charge in [-0.2, -0.15) is 0 Å². The molecule has 0 unspecified atom stereocenters. The molecule has 3 heterocycles. The van der Waals surface area contributed by atoms with Crippen molar-refractivity contribution in [1.82, 2.24) is 19.4 Å². The lowest BCUT2D eigenvalue weighted by Gasteiger charge is -2.26. The van der Waals surface area contributed by atoms with Gasteiger partial charge in [-0.3, -0.25) is 19.1 Å². The number of fused-ring (bicyclic) bond motifs is 1. The van der Waals surface area contributed by atoms with E-state index in [0.717, 1.165) is 39.3 Å². The molecule has 180 valence electrons. The first-order chi connectivity index (χ1) is 16.6. The molecule has 3 aromatic rings. The number of rotatable bonds is 9. The number of nitrogens with zero attached hydrogens (tertiary/aromatic N) is 4. The van der Waals surface area contributed by atoms with E-state index in [0.29, 0.717) is 46.8 Å². The molecule has 2 aromatic heterocycles. The van der Waals surface area contributed by atoms with Crippen LogP contribution in [-0.2, 0) is 11.3 Å². The fourth-order valence-corrected chi connectivity index (χ4v) is 4.02. The lowest BCUT2D eigenvalue weighted by molar-refractivity contribution is 0.0357. The predicted octanol–water partition coefficient (Wildman–Crippen LogP) is 2.17. The molecule has 10 nitrogen and oxygen atoms in total. The molecule has 0 saturated carbocycles. The van der Waals surface area contributed by atoms with Gasteiger partial charge in [0.2, 0.25) is 0 Å². The summed E-state index contributed by atoms with van der Waals surface area (Å²) in [5.41, 5.74) is 0.0683. The molecule has 1 aromatic carbocycles. The Morgan fingerprint density at radius 1 is 1.18 bits per heavy atom. The SMILES string of the molecule is CCn1c(NC(=O)c2cncnc2)cc2c(OC)c(OCCCN3CCOCC3)ccc2c1=O. The number of amides is 1. The number of carbonyl (C=O) groups is 1. The highest BCUT2D eigenvalue weighted by Gasteiger charge is 2.18. The van der Waals surface area contributed by atoms with E-state index >= 15 is 0 Å². The Hall–Kier alpha value is -3.50. The summed E-state index contributed by atoms with van der Waals surface area (Å²) in [6, 6.07) is 5.23. The molecule has 1 fully saturated rings. The van der Waals surface area contributed by atoms with Crippen LogP contribution < -0.4 is 20.3 Å². The van der Waals surface area contributed by atoms with Crippen molar-refractivity contribution < 1.29 is 19.0 Å². The highest BCUT2D eigenvalue weighted by Crippen LogP contribution is 2.35. The molecule has 0 radical (unpaired) electrons. The Labute approximate surface area is 197 Å². The van der Waals surface area contributed by atoms with Crippen LogP contribution in [0.15, 0.2) is 41.7 Å². The van der Waals surface area contributed by atoms with Gasteiger partial charge in [-0.1, -0.05) is 0 Å². The second-order valence-electron chi connectivity index (χ2n) is 7.87. The number of benzene rings is 1. The normalized spacial score (nSPS) is 14.2. The Morgan fingerprint density at radius 2 is 1.94 bits per heavy atom. The zero-order valence-corrected chi connectivity index (χ0v) is 19.5. The minimum absolute atomic E-state index is 0.225. The number of nitrogens with one attached hydrogen (secondary N) is 1. The standard InChI is InChI=1S/C24H29N5O5/c1-3-29-21(27-23(30)17-14-25-16-26-15-17)13-19-18(24(29)31)5-6-20(22(19)32-2)34-10-4-7-28-8-11-33-12-9-28/h5-6,13-16H,3-4,7-12H2,1-2H3,(H,27,30).